The molecule has 3 rings (SSSR count). The number of nitrogens with one attached hydrogen (secondary N) is 1. The summed E-state index contributed by atoms with van der Waals surface area (Å²) in [5, 5.41) is 2.92. The summed E-state index contributed by atoms with van der Waals surface area (Å²) in [5.74, 6) is -1.54. The van der Waals surface area contributed by atoms with E-state index in [4.69, 9.17) is 23.7 Å². The zero-order chi connectivity index (χ0) is 26.8. The summed E-state index contributed by atoms with van der Waals surface area (Å²) in [6.45, 7) is 1.98. The summed E-state index contributed by atoms with van der Waals surface area (Å²) in [4.78, 5) is 26.0. The summed E-state index contributed by atoms with van der Waals surface area (Å²) in [7, 11) is 4.12. The lowest BCUT2D eigenvalue weighted by Gasteiger charge is -2.13. The third-order valence-corrected chi connectivity index (χ3v) is 5.21. The van der Waals surface area contributed by atoms with Crippen molar-refractivity contribution in [3.63, 3.8) is 0 Å². The number of carbonyl (C=O) groups is 2. The van der Waals surface area contributed by atoms with Gasteiger partial charge in [0, 0.05) is 36.2 Å². The number of rotatable bonds is 12. The third kappa shape index (κ3) is 7.00. The predicted octanol–water partition coefficient (Wildman–Crippen LogP) is 5.17. The maximum Gasteiger partial charge on any atom is 0.343 e. The molecule has 0 spiro atoms. The maximum atomic E-state index is 14.4. The number of halogens is 1. The highest BCUT2D eigenvalue weighted by atomic mass is 19.1. The van der Waals surface area contributed by atoms with Crippen LogP contribution in [-0.4, -0.2) is 39.7 Å². The topological polar surface area (TPSA) is 92.3 Å². The average molecular weight is 510 g/mol. The second-order valence-electron chi connectivity index (χ2n) is 7.61. The zero-order valence-corrected chi connectivity index (χ0v) is 21.0. The molecule has 0 amide bonds. The molecule has 3 aromatic carbocycles. The molecule has 0 aliphatic carbocycles. The Morgan fingerprint density at radius 1 is 0.892 bits per heavy atom. The van der Waals surface area contributed by atoms with Crippen molar-refractivity contribution in [3.05, 3.63) is 89.4 Å². The lowest BCUT2D eigenvalue weighted by Crippen LogP contribution is -2.18. The van der Waals surface area contributed by atoms with Gasteiger partial charge in [-0.2, -0.15) is 0 Å². The highest BCUT2D eigenvalue weighted by Crippen LogP contribution is 2.31. The Kier molecular flexibility index (Phi) is 9.48. The van der Waals surface area contributed by atoms with Crippen molar-refractivity contribution >= 4 is 17.4 Å². The van der Waals surface area contributed by atoms with E-state index in [0.29, 0.717) is 23.8 Å². The van der Waals surface area contributed by atoms with Crippen molar-refractivity contribution < 1.29 is 37.7 Å². The monoisotopic (exact) mass is 509 g/mol. The van der Waals surface area contributed by atoms with E-state index < -0.39 is 17.6 Å². The first-order valence-corrected chi connectivity index (χ1v) is 11.4. The lowest BCUT2D eigenvalue weighted by atomic mass is 10.0. The van der Waals surface area contributed by atoms with Crippen LogP contribution in [0.25, 0.3) is 0 Å². The van der Waals surface area contributed by atoms with Crippen molar-refractivity contribution in [2.75, 3.05) is 33.3 Å². The van der Waals surface area contributed by atoms with E-state index in [0.717, 1.165) is 11.6 Å². The minimum atomic E-state index is -0.887. The van der Waals surface area contributed by atoms with Gasteiger partial charge in [-0.15, -0.1) is 0 Å². The molecular formula is C28H28FNO7. The van der Waals surface area contributed by atoms with Gasteiger partial charge in [0.2, 0.25) is 5.78 Å². The standard InChI is InChI=1S/C28H28FNO7/c1-5-36-28(32)23(27(31)22-14-24(29)26(35-4)15-25(22)34-3)16-30-19-11-20(33-2)13-21(12-19)37-17-18-9-7-6-8-10-18/h6-16,30H,5,17H2,1-4H3/b23-16-. The SMILES string of the molecule is CCOC(=O)/C(=C\Nc1cc(OC)cc(OCc2ccccc2)c1)C(=O)c1cc(F)c(OC)cc1OC. The molecule has 0 unspecified atom stereocenters. The van der Waals surface area contributed by atoms with Crippen molar-refractivity contribution in [1.29, 1.82) is 0 Å². The van der Waals surface area contributed by atoms with Gasteiger partial charge in [0.25, 0.3) is 0 Å². The first kappa shape index (κ1) is 27.1. The molecular weight excluding hydrogens is 481 g/mol. The number of ketones is 1. The average Bonchev–Trinajstić information content (AvgIpc) is 2.92. The molecule has 0 radical (unpaired) electrons. The fourth-order valence-electron chi connectivity index (χ4n) is 3.36. The van der Waals surface area contributed by atoms with Crippen molar-refractivity contribution in [2.45, 2.75) is 13.5 Å². The number of methoxy groups -OCH3 is 3. The molecule has 1 N–H and O–H groups in total. The van der Waals surface area contributed by atoms with E-state index in [-0.39, 0.29) is 29.2 Å². The molecule has 9 heteroatoms. The normalized spacial score (nSPS) is 10.9. The van der Waals surface area contributed by atoms with E-state index in [1.54, 1.807) is 25.1 Å². The molecule has 0 aliphatic rings. The highest BCUT2D eigenvalue weighted by molar-refractivity contribution is 6.25. The molecule has 0 saturated carbocycles. The number of esters is 1. The van der Waals surface area contributed by atoms with Gasteiger partial charge < -0.3 is 29.0 Å². The molecule has 0 aliphatic heterocycles. The number of carbonyl (C=O) groups excluding carboxylic acids is 2. The summed E-state index contributed by atoms with van der Waals surface area (Å²) in [6.07, 6.45) is 1.19. The van der Waals surface area contributed by atoms with Crippen LogP contribution < -0.4 is 24.3 Å². The van der Waals surface area contributed by atoms with Crippen LogP contribution in [0.2, 0.25) is 0 Å². The number of Topliss-reactive ketones (excluding diaryl/α,β-unsaturated/α-hetero) is 1. The van der Waals surface area contributed by atoms with E-state index in [1.165, 1.54) is 33.6 Å². The molecule has 37 heavy (non-hydrogen) atoms. The summed E-state index contributed by atoms with van der Waals surface area (Å²) in [6, 6.07) is 16.9. The maximum absolute atomic E-state index is 14.4. The molecule has 8 nitrogen and oxygen atoms in total. The van der Waals surface area contributed by atoms with Gasteiger partial charge in [-0.25, -0.2) is 9.18 Å². The van der Waals surface area contributed by atoms with Crippen molar-refractivity contribution in [3.8, 4) is 23.0 Å². The van der Waals surface area contributed by atoms with Gasteiger partial charge in [0.15, 0.2) is 11.6 Å². The van der Waals surface area contributed by atoms with Gasteiger partial charge in [0.1, 0.15) is 29.4 Å². The van der Waals surface area contributed by atoms with Crippen LogP contribution in [0.1, 0.15) is 22.8 Å². The molecule has 0 heterocycles. The quantitative estimate of drug-likeness (QED) is 0.118. The second kappa shape index (κ2) is 13.0. The molecule has 0 aromatic heterocycles. The molecule has 3 aromatic rings. The van der Waals surface area contributed by atoms with Crippen LogP contribution in [0.5, 0.6) is 23.0 Å². The van der Waals surface area contributed by atoms with Gasteiger partial charge in [-0.1, -0.05) is 30.3 Å². The van der Waals surface area contributed by atoms with Crippen LogP contribution in [0, 0.1) is 5.82 Å². The molecule has 194 valence electrons. The summed E-state index contributed by atoms with van der Waals surface area (Å²) < 4.78 is 40.9. The Bertz CT molecular complexity index is 1280. The van der Waals surface area contributed by atoms with Crippen LogP contribution in [0.3, 0.4) is 0 Å². The smallest absolute Gasteiger partial charge is 0.343 e. The van der Waals surface area contributed by atoms with Crippen LogP contribution in [0.4, 0.5) is 10.1 Å². The van der Waals surface area contributed by atoms with E-state index in [9.17, 15) is 14.0 Å². The Morgan fingerprint density at radius 2 is 1.59 bits per heavy atom. The first-order chi connectivity index (χ1) is 17.9. The predicted molar refractivity (Wildman–Crippen MR) is 136 cm³/mol. The largest absolute Gasteiger partial charge is 0.497 e. The Morgan fingerprint density at radius 3 is 2.24 bits per heavy atom. The molecule has 0 bridgehead atoms. The number of hydrogen-bond acceptors (Lipinski definition) is 8. The van der Waals surface area contributed by atoms with E-state index in [2.05, 4.69) is 5.32 Å². The lowest BCUT2D eigenvalue weighted by molar-refractivity contribution is -0.138. The van der Waals surface area contributed by atoms with Gasteiger partial charge >= 0.3 is 5.97 Å². The third-order valence-electron chi connectivity index (χ3n) is 5.21. The first-order valence-electron chi connectivity index (χ1n) is 11.4. The fourth-order valence-corrected chi connectivity index (χ4v) is 3.36. The Balaban J connectivity index is 1.92. The number of ether oxygens (including phenoxy) is 5. The molecule has 0 saturated heterocycles. The minimum absolute atomic E-state index is 0.0359. The Labute approximate surface area is 214 Å². The van der Waals surface area contributed by atoms with Crippen LogP contribution >= 0.6 is 0 Å². The van der Waals surface area contributed by atoms with Crippen LogP contribution in [0.15, 0.2) is 72.4 Å². The number of hydrogen-bond donors (Lipinski definition) is 1. The van der Waals surface area contributed by atoms with Gasteiger partial charge in [-0.05, 0) is 18.6 Å². The van der Waals surface area contributed by atoms with Crippen molar-refractivity contribution in [2.24, 2.45) is 0 Å². The van der Waals surface area contributed by atoms with Crippen molar-refractivity contribution in [1.82, 2.24) is 0 Å². The minimum Gasteiger partial charge on any atom is -0.497 e. The summed E-state index contributed by atoms with van der Waals surface area (Å²) >= 11 is 0. The Hall–Kier alpha value is -4.53. The number of anilines is 1. The second-order valence-corrected chi connectivity index (χ2v) is 7.61. The van der Waals surface area contributed by atoms with Gasteiger partial charge in [0.05, 0.1) is 33.5 Å². The van der Waals surface area contributed by atoms with E-state index in [1.807, 2.05) is 30.3 Å². The fraction of sp³-hybridized carbons (Fsp3) is 0.214. The highest BCUT2D eigenvalue weighted by Gasteiger charge is 2.26. The molecule has 0 fully saturated rings. The zero-order valence-electron chi connectivity index (χ0n) is 21.0. The number of benzene rings is 3. The summed E-state index contributed by atoms with van der Waals surface area (Å²) in [5.41, 5.74) is 0.930. The van der Waals surface area contributed by atoms with E-state index >= 15 is 0 Å². The molecule has 0 atom stereocenters. The van der Waals surface area contributed by atoms with Crippen LogP contribution in [-0.2, 0) is 16.1 Å². The van der Waals surface area contributed by atoms with Gasteiger partial charge in [-0.3, -0.25) is 4.79 Å².